The molecule has 0 bridgehead atoms. The van der Waals surface area contributed by atoms with E-state index in [4.69, 9.17) is 21.1 Å². The van der Waals surface area contributed by atoms with Gasteiger partial charge >= 0.3 is 0 Å². The zero-order chi connectivity index (χ0) is 13.2. The lowest BCUT2D eigenvalue weighted by atomic mass is 9.99. The third-order valence-electron chi connectivity index (χ3n) is 4.22. The summed E-state index contributed by atoms with van der Waals surface area (Å²) >= 11 is 6.18. The number of ether oxygens (including phenoxy) is 2. The van der Waals surface area contributed by atoms with Gasteiger partial charge in [-0.3, -0.25) is 0 Å². The summed E-state index contributed by atoms with van der Waals surface area (Å²) in [5.41, 5.74) is 1.15. The van der Waals surface area contributed by atoms with Crippen LogP contribution in [0.1, 0.15) is 38.2 Å². The average Bonchev–Trinajstić information content (AvgIpc) is 3.06. The second-order valence-electron chi connectivity index (χ2n) is 5.53. The Balaban J connectivity index is 1.62. The van der Waals surface area contributed by atoms with Gasteiger partial charge < -0.3 is 14.8 Å². The Morgan fingerprint density at radius 2 is 2.11 bits per heavy atom. The highest BCUT2D eigenvalue weighted by molar-refractivity contribution is 6.32. The lowest BCUT2D eigenvalue weighted by molar-refractivity contribution is 0.174. The van der Waals surface area contributed by atoms with E-state index in [-0.39, 0.29) is 6.79 Å². The average molecular weight is 282 g/mol. The molecule has 0 radical (unpaired) electrons. The van der Waals surface area contributed by atoms with Crippen LogP contribution < -0.4 is 14.8 Å². The smallest absolute Gasteiger partial charge is 0.231 e. The van der Waals surface area contributed by atoms with Crippen LogP contribution in [0, 0.1) is 5.92 Å². The Labute approximate surface area is 119 Å². The van der Waals surface area contributed by atoms with Gasteiger partial charge in [0.2, 0.25) is 6.79 Å². The lowest BCUT2D eigenvalue weighted by Gasteiger charge is -2.20. The highest BCUT2D eigenvalue weighted by Crippen LogP contribution is 2.39. The van der Waals surface area contributed by atoms with Crippen molar-refractivity contribution in [1.29, 1.82) is 0 Å². The SMILES string of the molecule is C[C@@H](NCc1cc(Cl)c2c(c1)OCO2)C1CCCC1. The van der Waals surface area contributed by atoms with Crippen molar-refractivity contribution in [3.8, 4) is 11.5 Å². The van der Waals surface area contributed by atoms with Crippen LogP contribution in [0.3, 0.4) is 0 Å². The fraction of sp³-hybridized carbons (Fsp3) is 0.600. The maximum Gasteiger partial charge on any atom is 0.231 e. The first-order valence-electron chi connectivity index (χ1n) is 7.05. The largest absolute Gasteiger partial charge is 0.454 e. The number of hydrogen-bond donors (Lipinski definition) is 1. The summed E-state index contributed by atoms with van der Waals surface area (Å²) in [5.74, 6) is 2.26. The normalized spacial score (nSPS) is 19.9. The molecule has 3 nitrogen and oxygen atoms in total. The van der Waals surface area contributed by atoms with E-state index in [9.17, 15) is 0 Å². The topological polar surface area (TPSA) is 30.5 Å². The van der Waals surface area contributed by atoms with Gasteiger partial charge in [-0.25, -0.2) is 0 Å². The highest BCUT2D eigenvalue weighted by Gasteiger charge is 2.22. The van der Waals surface area contributed by atoms with E-state index in [0.29, 0.717) is 16.8 Å². The van der Waals surface area contributed by atoms with Crippen LogP contribution in [0.5, 0.6) is 11.5 Å². The van der Waals surface area contributed by atoms with E-state index in [2.05, 4.69) is 12.2 Å². The van der Waals surface area contributed by atoms with E-state index in [1.807, 2.05) is 12.1 Å². The Hall–Kier alpha value is -0.930. The molecule has 1 N–H and O–H groups in total. The van der Waals surface area contributed by atoms with Gasteiger partial charge in [0.05, 0.1) is 5.02 Å². The van der Waals surface area contributed by atoms with Gasteiger partial charge in [-0.1, -0.05) is 24.4 Å². The molecule has 0 saturated heterocycles. The molecule has 1 fully saturated rings. The molecule has 1 saturated carbocycles. The molecule has 0 aromatic heterocycles. The van der Waals surface area contributed by atoms with Crippen LogP contribution in [0.2, 0.25) is 5.02 Å². The van der Waals surface area contributed by atoms with Gasteiger partial charge in [-0.05, 0) is 43.4 Å². The third kappa shape index (κ3) is 2.82. The quantitative estimate of drug-likeness (QED) is 0.912. The van der Waals surface area contributed by atoms with Gasteiger partial charge in [0.1, 0.15) is 0 Å². The molecule has 0 unspecified atom stereocenters. The fourth-order valence-corrected chi connectivity index (χ4v) is 3.31. The predicted octanol–water partition coefficient (Wildman–Crippen LogP) is 3.74. The zero-order valence-electron chi connectivity index (χ0n) is 11.2. The molecule has 1 aromatic rings. The Morgan fingerprint density at radius 1 is 1.32 bits per heavy atom. The number of benzene rings is 1. The second-order valence-corrected chi connectivity index (χ2v) is 5.93. The first-order chi connectivity index (χ1) is 9.24. The van der Waals surface area contributed by atoms with Gasteiger partial charge in [-0.2, -0.15) is 0 Å². The summed E-state index contributed by atoms with van der Waals surface area (Å²) in [4.78, 5) is 0. The van der Waals surface area contributed by atoms with Crippen molar-refractivity contribution in [2.24, 2.45) is 5.92 Å². The van der Waals surface area contributed by atoms with Gasteiger partial charge in [-0.15, -0.1) is 0 Å². The van der Waals surface area contributed by atoms with Crippen molar-refractivity contribution < 1.29 is 9.47 Å². The molecule has 19 heavy (non-hydrogen) atoms. The molecular formula is C15H20ClNO2. The maximum atomic E-state index is 6.18. The maximum absolute atomic E-state index is 6.18. The Kier molecular flexibility index (Phi) is 3.85. The number of nitrogens with one attached hydrogen (secondary N) is 1. The molecule has 3 rings (SSSR count). The highest BCUT2D eigenvalue weighted by atomic mass is 35.5. The van der Waals surface area contributed by atoms with E-state index in [0.717, 1.165) is 23.8 Å². The molecule has 2 aliphatic rings. The van der Waals surface area contributed by atoms with Crippen molar-refractivity contribution in [2.75, 3.05) is 6.79 Å². The van der Waals surface area contributed by atoms with Gasteiger partial charge in [0.15, 0.2) is 11.5 Å². The minimum atomic E-state index is 0.268. The molecule has 0 amide bonds. The fourth-order valence-electron chi connectivity index (χ4n) is 3.03. The van der Waals surface area contributed by atoms with Gasteiger partial charge in [0.25, 0.3) is 0 Å². The second kappa shape index (κ2) is 5.59. The van der Waals surface area contributed by atoms with E-state index in [1.54, 1.807) is 0 Å². The molecule has 1 aliphatic carbocycles. The third-order valence-corrected chi connectivity index (χ3v) is 4.50. The zero-order valence-corrected chi connectivity index (χ0v) is 12.0. The Morgan fingerprint density at radius 3 is 2.89 bits per heavy atom. The summed E-state index contributed by atoms with van der Waals surface area (Å²) in [6, 6.07) is 4.54. The van der Waals surface area contributed by atoms with Crippen LogP contribution in [-0.2, 0) is 6.54 Å². The number of hydrogen-bond acceptors (Lipinski definition) is 3. The van der Waals surface area contributed by atoms with Crippen molar-refractivity contribution in [2.45, 2.75) is 45.2 Å². The van der Waals surface area contributed by atoms with Crippen molar-refractivity contribution in [1.82, 2.24) is 5.32 Å². The summed E-state index contributed by atoms with van der Waals surface area (Å²) in [6.07, 6.45) is 5.48. The molecule has 1 atom stereocenters. The number of halogens is 1. The van der Waals surface area contributed by atoms with Crippen molar-refractivity contribution in [3.05, 3.63) is 22.7 Å². The van der Waals surface area contributed by atoms with Crippen LogP contribution >= 0.6 is 11.6 Å². The van der Waals surface area contributed by atoms with E-state index < -0.39 is 0 Å². The minimum Gasteiger partial charge on any atom is -0.454 e. The molecule has 0 spiro atoms. The van der Waals surface area contributed by atoms with Crippen LogP contribution in [-0.4, -0.2) is 12.8 Å². The first kappa shape index (κ1) is 13.1. The monoisotopic (exact) mass is 281 g/mol. The summed E-state index contributed by atoms with van der Waals surface area (Å²) in [5, 5.41) is 4.24. The summed E-state index contributed by atoms with van der Waals surface area (Å²) in [7, 11) is 0. The van der Waals surface area contributed by atoms with Crippen molar-refractivity contribution in [3.63, 3.8) is 0 Å². The molecule has 1 aliphatic heterocycles. The van der Waals surface area contributed by atoms with Crippen LogP contribution in [0.25, 0.3) is 0 Å². The molecule has 104 valence electrons. The Bertz CT molecular complexity index is 458. The summed E-state index contributed by atoms with van der Waals surface area (Å²) < 4.78 is 10.7. The van der Waals surface area contributed by atoms with E-state index >= 15 is 0 Å². The number of fused-ring (bicyclic) bond motifs is 1. The molecule has 1 aromatic carbocycles. The predicted molar refractivity (Wildman–Crippen MR) is 75.8 cm³/mol. The van der Waals surface area contributed by atoms with Crippen LogP contribution in [0.4, 0.5) is 0 Å². The molecule has 4 heteroatoms. The molecule has 1 heterocycles. The summed E-state index contributed by atoms with van der Waals surface area (Å²) in [6.45, 7) is 3.38. The van der Waals surface area contributed by atoms with Gasteiger partial charge in [0, 0.05) is 12.6 Å². The van der Waals surface area contributed by atoms with Crippen LogP contribution in [0.15, 0.2) is 12.1 Å². The number of rotatable bonds is 4. The molecular weight excluding hydrogens is 262 g/mol. The minimum absolute atomic E-state index is 0.268. The standard InChI is InChI=1S/C15H20ClNO2/c1-10(12-4-2-3-5-12)17-8-11-6-13(16)15-14(7-11)18-9-19-15/h6-7,10,12,17H,2-5,8-9H2,1H3/t10-/m1/s1. The first-order valence-corrected chi connectivity index (χ1v) is 7.43. The van der Waals surface area contributed by atoms with Crippen molar-refractivity contribution >= 4 is 11.6 Å². The van der Waals surface area contributed by atoms with E-state index in [1.165, 1.54) is 25.7 Å². The lowest BCUT2D eigenvalue weighted by Crippen LogP contribution is -2.31.